The zero-order valence-corrected chi connectivity index (χ0v) is 14.6. The molecule has 2 rings (SSSR count). The van der Waals surface area contributed by atoms with E-state index in [-0.39, 0.29) is 14.9 Å². The molecular weight excluding hydrogens is 383 g/mol. The van der Waals surface area contributed by atoms with E-state index >= 15 is 0 Å². The normalized spacial score (nSPS) is 11.3. The number of rotatable bonds is 5. The van der Waals surface area contributed by atoms with E-state index < -0.39 is 22.5 Å². The molecule has 122 valence electrons. The summed E-state index contributed by atoms with van der Waals surface area (Å²) in [5.41, 5.74) is 0.396. The lowest BCUT2D eigenvalue weighted by Crippen LogP contribution is -2.33. The highest BCUT2D eigenvalue weighted by atomic mass is 35.5. The summed E-state index contributed by atoms with van der Waals surface area (Å²) in [6, 6.07) is 10.5. The van der Waals surface area contributed by atoms with Gasteiger partial charge in [-0.25, -0.2) is 13.1 Å². The summed E-state index contributed by atoms with van der Waals surface area (Å²) >= 11 is 17.4. The average molecular weight is 394 g/mol. The number of benzene rings is 2. The largest absolute Gasteiger partial charge is 0.324 e. The van der Waals surface area contributed by atoms with Crippen LogP contribution in [-0.4, -0.2) is 20.9 Å². The second kappa shape index (κ2) is 7.51. The van der Waals surface area contributed by atoms with Crippen molar-refractivity contribution in [2.45, 2.75) is 4.90 Å². The first-order valence-electron chi connectivity index (χ1n) is 6.29. The Morgan fingerprint density at radius 3 is 2.30 bits per heavy atom. The number of carbonyl (C=O) groups is 1. The third-order valence-electron chi connectivity index (χ3n) is 2.77. The van der Waals surface area contributed by atoms with Gasteiger partial charge in [-0.05, 0) is 30.3 Å². The van der Waals surface area contributed by atoms with E-state index in [1.54, 1.807) is 24.3 Å². The summed E-state index contributed by atoms with van der Waals surface area (Å²) in [5.74, 6) is -0.554. The van der Waals surface area contributed by atoms with Crippen molar-refractivity contribution in [3.05, 3.63) is 57.5 Å². The number of halogens is 3. The molecule has 0 fully saturated rings. The molecule has 23 heavy (non-hydrogen) atoms. The first-order valence-corrected chi connectivity index (χ1v) is 8.90. The first kappa shape index (κ1) is 18.0. The van der Waals surface area contributed by atoms with Crippen molar-refractivity contribution < 1.29 is 13.2 Å². The molecule has 0 saturated heterocycles. The van der Waals surface area contributed by atoms with E-state index in [1.807, 2.05) is 0 Å². The lowest BCUT2D eigenvalue weighted by Gasteiger charge is -2.09. The first-order chi connectivity index (χ1) is 10.8. The standard InChI is InChI=1S/C14H11Cl3N2O3S/c15-10-6-5-9(7-12(10)17)23(21,22)18-8-14(20)19-13-4-2-1-3-11(13)16/h1-7,18H,8H2,(H,19,20). The Kier molecular flexibility index (Phi) is 5.89. The predicted molar refractivity (Wildman–Crippen MR) is 91.7 cm³/mol. The Bertz CT molecular complexity index is 841. The summed E-state index contributed by atoms with van der Waals surface area (Å²) in [6.45, 7) is -0.451. The van der Waals surface area contributed by atoms with Gasteiger partial charge in [-0.2, -0.15) is 0 Å². The highest BCUT2D eigenvalue weighted by Crippen LogP contribution is 2.24. The molecular formula is C14H11Cl3N2O3S. The molecule has 0 aliphatic heterocycles. The summed E-state index contributed by atoms with van der Waals surface area (Å²) in [7, 11) is -3.88. The second-order valence-electron chi connectivity index (χ2n) is 4.43. The molecule has 0 aromatic heterocycles. The molecule has 2 N–H and O–H groups in total. The Labute approximate surface area is 148 Å². The predicted octanol–water partition coefficient (Wildman–Crippen LogP) is 3.56. The second-order valence-corrected chi connectivity index (χ2v) is 7.42. The molecule has 1 amide bonds. The van der Waals surface area contributed by atoms with Crippen molar-refractivity contribution in [2.75, 3.05) is 11.9 Å². The maximum absolute atomic E-state index is 12.1. The molecule has 0 bridgehead atoms. The highest BCUT2D eigenvalue weighted by molar-refractivity contribution is 7.89. The number of hydrogen-bond acceptors (Lipinski definition) is 3. The molecule has 0 aliphatic rings. The van der Waals surface area contributed by atoms with Gasteiger partial charge < -0.3 is 5.32 Å². The van der Waals surface area contributed by atoms with Crippen LogP contribution in [0.3, 0.4) is 0 Å². The molecule has 0 radical (unpaired) electrons. The van der Waals surface area contributed by atoms with Crippen LogP contribution < -0.4 is 10.0 Å². The van der Waals surface area contributed by atoms with Gasteiger partial charge >= 0.3 is 0 Å². The summed E-state index contributed by atoms with van der Waals surface area (Å²) in [6.07, 6.45) is 0. The minimum Gasteiger partial charge on any atom is -0.324 e. The molecule has 0 spiro atoms. The highest BCUT2D eigenvalue weighted by Gasteiger charge is 2.17. The minimum absolute atomic E-state index is 0.0857. The molecule has 9 heteroatoms. The molecule has 0 heterocycles. The summed E-state index contributed by atoms with van der Waals surface area (Å²) in [5, 5.41) is 3.21. The maximum atomic E-state index is 12.1. The van der Waals surface area contributed by atoms with Crippen molar-refractivity contribution in [3.8, 4) is 0 Å². The monoisotopic (exact) mass is 392 g/mol. The third kappa shape index (κ3) is 4.83. The SMILES string of the molecule is O=C(CNS(=O)(=O)c1ccc(Cl)c(Cl)c1)Nc1ccccc1Cl. The smallest absolute Gasteiger partial charge is 0.241 e. The fourth-order valence-electron chi connectivity index (χ4n) is 1.64. The molecule has 0 aliphatic carbocycles. The Hall–Kier alpha value is -1.31. The molecule has 2 aromatic rings. The lowest BCUT2D eigenvalue weighted by atomic mass is 10.3. The number of para-hydroxylation sites is 1. The van der Waals surface area contributed by atoms with Crippen LogP contribution in [0.1, 0.15) is 0 Å². The number of nitrogens with one attached hydrogen (secondary N) is 2. The van der Waals surface area contributed by atoms with Gasteiger partial charge in [-0.3, -0.25) is 4.79 Å². The number of sulfonamides is 1. The Morgan fingerprint density at radius 1 is 0.957 bits per heavy atom. The summed E-state index contributed by atoms with van der Waals surface area (Å²) < 4.78 is 26.4. The molecule has 0 saturated carbocycles. The summed E-state index contributed by atoms with van der Waals surface area (Å²) in [4.78, 5) is 11.7. The van der Waals surface area contributed by atoms with Crippen molar-refractivity contribution in [1.29, 1.82) is 0 Å². The van der Waals surface area contributed by atoms with Crippen LogP contribution >= 0.6 is 34.8 Å². The fourth-order valence-corrected chi connectivity index (χ4v) is 3.20. The van der Waals surface area contributed by atoms with Crippen LogP contribution in [-0.2, 0) is 14.8 Å². The average Bonchev–Trinajstić information content (AvgIpc) is 2.50. The number of hydrogen-bond donors (Lipinski definition) is 2. The molecule has 0 atom stereocenters. The van der Waals surface area contributed by atoms with Crippen molar-refractivity contribution in [2.24, 2.45) is 0 Å². The van der Waals surface area contributed by atoms with Gasteiger partial charge in [0.2, 0.25) is 15.9 Å². The topological polar surface area (TPSA) is 75.3 Å². The number of carbonyl (C=O) groups excluding carboxylic acids is 1. The molecule has 2 aromatic carbocycles. The van der Waals surface area contributed by atoms with Gasteiger partial charge in [-0.15, -0.1) is 0 Å². The van der Waals surface area contributed by atoms with E-state index in [4.69, 9.17) is 34.8 Å². The Morgan fingerprint density at radius 2 is 1.65 bits per heavy atom. The van der Waals surface area contributed by atoms with Crippen LogP contribution in [0.4, 0.5) is 5.69 Å². The Balaban J connectivity index is 2.03. The number of anilines is 1. The molecule has 0 unspecified atom stereocenters. The van der Waals surface area contributed by atoms with E-state index in [2.05, 4.69) is 10.0 Å². The quantitative estimate of drug-likeness (QED) is 0.815. The minimum atomic E-state index is -3.88. The van der Waals surface area contributed by atoms with Crippen LogP contribution in [0.15, 0.2) is 47.4 Å². The van der Waals surface area contributed by atoms with Crippen LogP contribution in [0, 0.1) is 0 Å². The van der Waals surface area contributed by atoms with Gasteiger partial charge in [0.15, 0.2) is 0 Å². The van der Waals surface area contributed by atoms with Crippen molar-refractivity contribution in [3.63, 3.8) is 0 Å². The van der Waals surface area contributed by atoms with Gasteiger partial charge in [-0.1, -0.05) is 46.9 Å². The van der Waals surface area contributed by atoms with E-state index in [0.29, 0.717) is 10.7 Å². The van der Waals surface area contributed by atoms with Gasteiger partial charge in [0.1, 0.15) is 0 Å². The van der Waals surface area contributed by atoms with E-state index in [9.17, 15) is 13.2 Å². The van der Waals surface area contributed by atoms with Gasteiger partial charge in [0.05, 0.1) is 32.2 Å². The van der Waals surface area contributed by atoms with Crippen molar-refractivity contribution >= 4 is 56.4 Å². The van der Waals surface area contributed by atoms with E-state index in [1.165, 1.54) is 18.2 Å². The molecule has 5 nitrogen and oxygen atoms in total. The zero-order chi connectivity index (χ0) is 17.0. The fraction of sp³-hybridized carbons (Fsp3) is 0.0714. The lowest BCUT2D eigenvalue weighted by molar-refractivity contribution is -0.115. The van der Waals surface area contributed by atoms with Gasteiger partial charge in [0.25, 0.3) is 0 Å². The van der Waals surface area contributed by atoms with Gasteiger partial charge in [0, 0.05) is 0 Å². The zero-order valence-electron chi connectivity index (χ0n) is 11.5. The number of amides is 1. The third-order valence-corrected chi connectivity index (χ3v) is 5.24. The van der Waals surface area contributed by atoms with E-state index in [0.717, 1.165) is 0 Å². The van der Waals surface area contributed by atoms with Crippen LogP contribution in [0.2, 0.25) is 15.1 Å². The van der Waals surface area contributed by atoms with Crippen LogP contribution in [0.25, 0.3) is 0 Å². The maximum Gasteiger partial charge on any atom is 0.241 e. The van der Waals surface area contributed by atoms with Crippen LogP contribution in [0.5, 0.6) is 0 Å². The van der Waals surface area contributed by atoms with Crippen molar-refractivity contribution in [1.82, 2.24) is 4.72 Å².